The van der Waals surface area contributed by atoms with Gasteiger partial charge in [0, 0.05) is 0 Å². The van der Waals surface area contributed by atoms with Crippen molar-refractivity contribution in [1.82, 2.24) is 15.1 Å². The van der Waals surface area contributed by atoms with Crippen molar-refractivity contribution in [2.45, 2.75) is 70.6 Å². The van der Waals surface area contributed by atoms with Crippen molar-refractivity contribution in [2.75, 3.05) is 6.61 Å². The van der Waals surface area contributed by atoms with Gasteiger partial charge >= 0.3 is 0 Å². The molecule has 1 aromatic rings. The number of rotatable bonds is 3. The van der Waals surface area contributed by atoms with Crippen LogP contribution in [0.1, 0.15) is 49.9 Å². The Morgan fingerprint density at radius 1 is 1.41 bits per heavy atom. The first kappa shape index (κ1) is 15.8. The molecule has 1 spiro atoms. The molecule has 0 unspecified atom stereocenters. The lowest BCUT2D eigenvalue weighted by Crippen LogP contribution is -2.39. The van der Waals surface area contributed by atoms with Crippen LogP contribution in [-0.2, 0) is 16.1 Å². The van der Waals surface area contributed by atoms with Crippen LogP contribution in [0.4, 0.5) is 0 Å². The number of nitrogens with zero attached hydrogens (tertiary/aromatic N) is 2. The van der Waals surface area contributed by atoms with Gasteiger partial charge in [-0.05, 0) is 33.1 Å². The van der Waals surface area contributed by atoms with Crippen molar-refractivity contribution < 1.29 is 9.53 Å². The third kappa shape index (κ3) is 3.15. The molecular weight excluding hydrogens is 302 g/mol. The van der Waals surface area contributed by atoms with Crippen molar-refractivity contribution in [3.63, 3.8) is 0 Å². The predicted molar refractivity (Wildman–Crippen MR) is 85.0 cm³/mol. The van der Waals surface area contributed by atoms with Gasteiger partial charge in [-0.1, -0.05) is 30.9 Å². The van der Waals surface area contributed by atoms with Crippen molar-refractivity contribution >= 4 is 17.5 Å². The summed E-state index contributed by atoms with van der Waals surface area (Å²) < 4.78 is 7.70. The molecule has 1 aromatic heterocycles. The van der Waals surface area contributed by atoms with E-state index in [4.69, 9.17) is 16.3 Å². The molecule has 2 aliphatic rings. The minimum Gasteiger partial charge on any atom is -0.373 e. The molecule has 22 heavy (non-hydrogen) atoms. The number of amides is 1. The molecular formula is C16H24ClN3O2. The lowest BCUT2D eigenvalue weighted by Gasteiger charge is -2.32. The predicted octanol–water partition coefficient (Wildman–Crippen LogP) is 2.76. The zero-order chi connectivity index (χ0) is 15.7. The number of carbonyl (C=O) groups excluding carboxylic acids is 1. The van der Waals surface area contributed by atoms with Gasteiger partial charge in [0.05, 0.1) is 34.7 Å². The largest absolute Gasteiger partial charge is 0.373 e. The number of ether oxygens (including phenoxy) is 1. The van der Waals surface area contributed by atoms with Gasteiger partial charge in [-0.2, -0.15) is 5.10 Å². The maximum absolute atomic E-state index is 12.2. The molecule has 2 fully saturated rings. The van der Waals surface area contributed by atoms with Gasteiger partial charge in [0.1, 0.15) is 6.54 Å². The third-order valence-electron chi connectivity index (χ3n) is 4.93. The topological polar surface area (TPSA) is 56.2 Å². The maximum atomic E-state index is 12.2. The summed E-state index contributed by atoms with van der Waals surface area (Å²) in [4.78, 5) is 12.2. The highest BCUT2D eigenvalue weighted by Crippen LogP contribution is 2.39. The van der Waals surface area contributed by atoms with Crippen LogP contribution in [0.15, 0.2) is 0 Å². The second kappa shape index (κ2) is 6.20. The van der Waals surface area contributed by atoms with E-state index in [0.29, 0.717) is 11.6 Å². The summed E-state index contributed by atoms with van der Waals surface area (Å²) in [5, 5.41) is 8.02. The highest BCUT2D eigenvalue weighted by Gasteiger charge is 2.41. The highest BCUT2D eigenvalue weighted by atomic mass is 35.5. The quantitative estimate of drug-likeness (QED) is 0.929. The standard InChI is InChI=1S/C16H24ClN3O2/c1-11-15(17)12(2)20(19-11)9-14(21)18-13-8-16(22-10-13)6-4-3-5-7-16/h13H,3-10H2,1-2H3,(H,18,21)/t13-/m1/s1. The average Bonchev–Trinajstić information content (AvgIpc) is 2.97. The molecule has 2 heterocycles. The number of halogens is 1. The lowest BCUT2D eigenvalue weighted by atomic mass is 9.82. The van der Waals surface area contributed by atoms with Crippen LogP contribution in [0.2, 0.25) is 5.02 Å². The first-order chi connectivity index (χ1) is 10.5. The molecule has 1 atom stereocenters. The van der Waals surface area contributed by atoms with E-state index in [1.54, 1.807) is 4.68 Å². The van der Waals surface area contributed by atoms with Crippen LogP contribution in [0, 0.1) is 13.8 Å². The first-order valence-electron chi connectivity index (χ1n) is 8.12. The van der Waals surface area contributed by atoms with Gasteiger partial charge in [-0.3, -0.25) is 9.48 Å². The van der Waals surface area contributed by atoms with E-state index < -0.39 is 0 Å². The fourth-order valence-electron chi connectivity index (χ4n) is 3.72. The minimum absolute atomic E-state index is 0.0243. The fraction of sp³-hybridized carbons (Fsp3) is 0.750. The second-order valence-electron chi connectivity index (χ2n) is 6.67. The van der Waals surface area contributed by atoms with E-state index >= 15 is 0 Å². The van der Waals surface area contributed by atoms with Crippen LogP contribution in [0.25, 0.3) is 0 Å². The van der Waals surface area contributed by atoms with E-state index in [-0.39, 0.29) is 24.1 Å². The molecule has 1 aliphatic heterocycles. The summed E-state index contributed by atoms with van der Waals surface area (Å²) in [6.45, 7) is 4.57. The Morgan fingerprint density at radius 3 is 2.77 bits per heavy atom. The van der Waals surface area contributed by atoms with Crippen molar-refractivity contribution in [2.24, 2.45) is 0 Å². The Labute approximate surface area is 136 Å². The summed E-state index contributed by atoms with van der Waals surface area (Å²) in [5.74, 6) is -0.0243. The number of nitrogens with one attached hydrogen (secondary N) is 1. The van der Waals surface area contributed by atoms with Gasteiger partial charge in [-0.15, -0.1) is 0 Å². The highest BCUT2D eigenvalue weighted by molar-refractivity contribution is 6.31. The zero-order valence-electron chi connectivity index (χ0n) is 13.3. The molecule has 3 rings (SSSR count). The second-order valence-corrected chi connectivity index (χ2v) is 7.04. The summed E-state index contributed by atoms with van der Waals surface area (Å²) >= 11 is 6.11. The number of carbonyl (C=O) groups is 1. The average molecular weight is 326 g/mol. The third-order valence-corrected chi connectivity index (χ3v) is 5.47. The monoisotopic (exact) mass is 325 g/mol. The van der Waals surface area contributed by atoms with E-state index in [1.165, 1.54) is 19.3 Å². The Bertz CT molecular complexity index is 564. The first-order valence-corrected chi connectivity index (χ1v) is 8.50. The van der Waals surface area contributed by atoms with Crippen LogP contribution in [0.5, 0.6) is 0 Å². The number of hydrogen-bond donors (Lipinski definition) is 1. The maximum Gasteiger partial charge on any atom is 0.242 e. The molecule has 1 aliphatic carbocycles. The van der Waals surface area contributed by atoms with Crippen molar-refractivity contribution in [3.05, 3.63) is 16.4 Å². The molecule has 1 N–H and O–H groups in total. The molecule has 1 saturated carbocycles. The van der Waals surface area contributed by atoms with Crippen LogP contribution >= 0.6 is 11.6 Å². The van der Waals surface area contributed by atoms with Gasteiger partial charge in [-0.25, -0.2) is 0 Å². The van der Waals surface area contributed by atoms with Crippen molar-refractivity contribution in [1.29, 1.82) is 0 Å². The Hall–Kier alpha value is -1.07. The van der Waals surface area contributed by atoms with Crippen LogP contribution < -0.4 is 5.32 Å². The van der Waals surface area contributed by atoms with Gasteiger partial charge < -0.3 is 10.1 Å². The molecule has 0 bridgehead atoms. The molecule has 0 aromatic carbocycles. The lowest BCUT2D eigenvalue weighted by molar-refractivity contribution is -0.122. The summed E-state index contributed by atoms with van der Waals surface area (Å²) in [5.41, 5.74) is 1.62. The molecule has 122 valence electrons. The van der Waals surface area contributed by atoms with Crippen LogP contribution in [-0.4, -0.2) is 33.9 Å². The smallest absolute Gasteiger partial charge is 0.242 e. The number of aromatic nitrogens is 2. The summed E-state index contributed by atoms with van der Waals surface area (Å²) in [6.07, 6.45) is 6.99. The normalized spacial score (nSPS) is 23.9. The van der Waals surface area contributed by atoms with E-state index in [2.05, 4.69) is 10.4 Å². The fourth-order valence-corrected chi connectivity index (χ4v) is 3.86. The number of hydrogen-bond acceptors (Lipinski definition) is 3. The summed E-state index contributed by atoms with van der Waals surface area (Å²) in [6, 6.07) is 0.123. The van der Waals surface area contributed by atoms with E-state index in [1.807, 2.05) is 13.8 Å². The molecule has 6 heteroatoms. The van der Waals surface area contributed by atoms with Crippen molar-refractivity contribution in [3.8, 4) is 0 Å². The van der Waals surface area contributed by atoms with E-state index in [0.717, 1.165) is 30.7 Å². The number of aryl methyl sites for hydroxylation is 1. The molecule has 0 radical (unpaired) electrons. The Morgan fingerprint density at radius 2 is 2.14 bits per heavy atom. The molecule has 5 nitrogen and oxygen atoms in total. The van der Waals surface area contributed by atoms with Crippen LogP contribution in [0.3, 0.4) is 0 Å². The molecule has 1 amide bonds. The zero-order valence-corrected chi connectivity index (χ0v) is 14.1. The minimum atomic E-state index is -0.0243. The van der Waals surface area contributed by atoms with E-state index in [9.17, 15) is 4.79 Å². The molecule has 1 saturated heterocycles. The van der Waals surface area contributed by atoms with Gasteiger partial charge in [0.15, 0.2) is 0 Å². The SMILES string of the molecule is Cc1nn(CC(=O)N[C@H]2COC3(CCCCC3)C2)c(C)c1Cl. The Kier molecular flexibility index (Phi) is 4.46. The Balaban J connectivity index is 1.55. The van der Waals surface area contributed by atoms with Gasteiger partial charge in [0.25, 0.3) is 0 Å². The summed E-state index contributed by atoms with van der Waals surface area (Å²) in [7, 11) is 0. The van der Waals surface area contributed by atoms with Gasteiger partial charge in [0.2, 0.25) is 5.91 Å².